The number of nitrogens with two attached hydrogens (primary N) is 1. The fourth-order valence-corrected chi connectivity index (χ4v) is 4.03. The Kier molecular flexibility index (Phi) is 4.62. The number of nitrogens with zero attached hydrogens (tertiary/aromatic N) is 1. The second-order valence-corrected chi connectivity index (χ2v) is 8.48. The number of benzene rings is 1. The quantitative estimate of drug-likeness (QED) is 0.521. The second-order valence-electron chi connectivity index (χ2n) is 6.55. The van der Waals surface area contributed by atoms with Crippen LogP contribution in [0.5, 0.6) is 0 Å². The van der Waals surface area contributed by atoms with Crippen molar-refractivity contribution < 1.29 is 4.79 Å². The highest BCUT2D eigenvalue weighted by Gasteiger charge is 2.12. The Morgan fingerprint density at radius 1 is 1.25 bits per heavy atom. The van der Waals surface area contributed by atoms with Gasteiger partial charge in [0.2, 0.25) is 0 Å². The molecule has 0 aliphatic rings. The Labute approximate surface area is 149 Å². The van der Waals surface area contributed by atoms with Gasteiger partial charge < -0.3 is 5.73 Å². The summed E-state index contributed by atoms with van der Waals surface area (Å²) >= 11 is 3.19. The Bertz CT molecular complexity index is 880. The predicted molar refractivity (Wildman–Crippen MR) is 104 cm³/mol. The van der Waals surface area contributed by atoms with E-state index in [-0.39, 0.29) is 5.54 Å². The lowest BCUT2D eigenvalue weighted by Crippen LogP contribution is -2.29. The molecule has 0 fully saturated rings. The van der Waals surface area contributed by atoms with E-state index in [2.05, 4.69) is 54.7 Å². The molecule has 0 radical (unpaired) electrons. The van der Waals surface area contributed by atoms with Crippen molar-refractivity contribution >= 4 is 45.5 Å². The van der Waals surface area contributed by atoms with Gasteiger partial charge in [0.05, 0.1) is 10.3 Å². The zero-order chi connectivity index (χ0) is 17.3. The molecule has 6 heteroatoms. The van der Waals surface area contributed by atoms with Crippen LogP contribution < -0.4 is 10.5 Å². The summed E-state index contributed by atoms with van der Waals surface area (Å²) in [5, 5.41) is 0.840. The molecule has 0 aliphatic carbocycles. The number of nitrogens with one attached hydrogen (secondary N) is 1. The number of thiophene rings is 1. The molecule has 3 rings (SSSR count). The highest BCUT2D eigenvalue weighted by molar-refractivity contribution is 7.97. The lowest BCUT2D eigenvalue weighted by molar-refractivity contribution is 0.112. The van der Waals surface area contributed by atoms with Gasteiger partial charge in [-0.3, -0.25) is 9.52 Å². The van der Waals surface area contributed by atoms with Crippen LogP contribution in [0, 0.1) is 0 Å². The van der Waals surface area contributed by atoms with Crippen molar-refractivity contribution in [2.24, 2.45) is 0 Å². The van der Waals surface area contributed by atoms with Gasteiger partial charge in [0.25, 0.3) is 0 Å². The molecule has 1 aromatic carbocycles. The number of hydrogen-bond acceptors (Lipinski definition) is 6. The number of rotatable bonds is 4. The molecule has 2 heterocycles. The van der Waals surface area contributed by atoms with Gasteiger partial charge in [-0.15, -0.1) is 11.3 Å². The standard InChI is InChI=1S/C18H19N3OS2/c1-18(2,3)21-24-13-6-4-11(5-7-13)15-8-14-16(23-15)12(10-22)9-20-17(14)19/h4-10,21H,1-3H3,(H2,19,20). The Morgan fingerprint density at radius 3 is 2.58 bits per heavy atom. The van der Waals surface area contributed by atoms with Crippen molar-refractivity contribution in [3.8, 4) is 10.4 Å². The van der Waals surface area contributed by atoms with E-state index in [0.717, 1.165) is 31.7 Å². The molecule has 24 heavy (non-hydrogen) atoms. The van der Waals surface area contributed by atoms with Crippen LogP contribution in [-0.2, 0) is 0 Å². The molecule has 0 atom stereocenters. The minimum absolute atomic E-state index is 0.0601. The van der Waals surface area contributed by atoms with E-state index in [4.69, 9.17) is 5.73 Å². The van der Waals surface area contributed by atoms with Gasteiger partial charge in [0.15, 0.2) is 6.29 Å². The third-order valence-electron chi connectivity index (χ3n) is 3.35. The molecular weight excluding hydrogens is 338 g/mol. The largest absolute Gasteiger partial charge is 0.383 e. The van der Waals surface area contributed by atoms with Gasteiger partial charge in [-0.05, 0) is 56.5 Å². The number of pyridine rings is 1. The summed E-state index contributed by atoms with van der Waals surface area (Å²) in [4.78, 5) is 17.5. The van der Waals surface area contributed by atoms with E-state index in [0.29, 0.717) is 11.4 Å². The summed E-state index contributed by atoms with van der Waals surface area (Å²) < 4.78 is 4.29. The molecule has 4 nitrogen and oxygen atoms in total. The molecule has 0 saturated heterocycles. The van der Waals surface area contributed by atoms with Crippen LogP contribution in [0.2, 0.25) is 0 Å². The first-order valence-electron chi connectivity index (χ1n) is 7.55. The van der Waals surface area contributed by atoms with Crippen molar-refractivity contribution in [3.63, 3.8) is 0 Å². The van der Waals surface area contributed by atoms with Crippen molar-refractivity contribution in [2.75, 3.05) is 5.73 Å². The number of anilines is 1. The monoisotopic (exact) mass is 357 g/mol. The van der Waals surface area contributed by atoms with Crippen molar-refractivity contribution in [3.05, 3.63) is 42.1 Å². The number of aldehydes is 1. The van der Waals surface area contributed by atoms with Crippen LogP contribution in [-0.4, -0.2) is 16.8 Å². The van der Waals surface area contributed by atoms with E-state index < -0.39 is 0 Å². The van der Waals surface area contributed by atoms with E-state index in [1.165, 1.54) is 6.20 Å². The third kappa shape index (κ3) is 3.61. The normalized spacial score (nSPS) is 11.8. The first kappa shape index (κ1) is 17.0. The molecule has 124 valence electrons. The fourth-order valence-electron chi connectivity index (χ4n) is 2.19. The number of aromatic nitrogens is 1. The smallest absolute Gasteiger partial charge is 0.153 e. The van der Waals surface area contributed by atoms with E-state index in [1.54, 1.807) is 23.3 Å². The predicted octanol–water partition coefficient (Wildman–Crippen LogP) is 4.75. The topological polar surface area (TPSA) is 68.0 Å². The number of nitrogen functional groups attached to an aromatic ring is 1. The van der Waals surface area contributed by atoms with Crippen molar-refractivity contribution in [2.45, 2.75) is 31.2 Å². The molecule has 0 bridgehead atoms. The summed E-state index contributed by atoms with van der Waals surface area (Å²) in [5.41, 5.74) is 7.69. The number of hydrogen-bond donors (Lipinski definition) is 2. The third-order valence-corrected chi connectivity index (χ3v) is 5.81. The number of carbonyl (C=O) groups is 1. The number of carbonyl (C=O) groups excluding carboxylic acids is 1. The Balaban J connectivity index is 1.91. The van der Waals surface area contributed by atoms with Crippen LogP contribution in [0.25, 0.3) is 20.5 Å². The maximum atomic E-state index is 11.2. The average molecular weight is 358 g/mol. The second kappa shape index (κ2) is 6.55. The number of fused-ring (bicyclic) bond motifs is 1. The molecule has 3 aromatic rings. The summed E-state index contributed by atoms with van der Waals surface area (Å²) in [5.74, 6) is 0.458. The van der Waals surface area contributed by atoms with Crippen molar-refractivity contribution in [1.82, 2.24) is 9.71 Å². The first-order valence-corrected chi connectivity index (χ1v) is 9.18. The highest BCUT2D eigenvalue weighted by Crippen LogP contribution is 2.37. The van der Waals surface area contributed by atoms with Gasteiger partial charge in [0, 0.05) is 26.9 Å². The molecule has 0 saturated carbocycles. The van der Waals surface area contributed by atoms with Crippen LogP contribution in [0.1, 0.15) is 31.1 Å². The molecular formula is C18H19N3OS2. The van der Waals surface area contributed by atoms with Gasteiger partial charge in [-0.2, -0.15) is 0 Å². The van der Waals surface area contributed by atoms with E-state index >= 15 is 0 Å². The molecule has 0 spiro atoms. The summed E-state index contributed by atoms with van der Waals surface area (Å²) in [6.07, 6.45) is 2.36. The van der Waals surface area contributed by atoms with Crippen molar-refractivity contribution in [1.29, 1.82) is 0 Å². The molecule has 2 aromatic heterocycles. The summed E-state index contributed by atoms with van der Waals surface area (Å²) in [7, 11) is 0. The molecule has 0 amide bonds. The molecule has 3 N–H and O–H groups in total. The molecule has 0 aliphatic heterocycles. The fraction of sp³-hybridized carbons (Fsp3) is 0.222. The zero-order valence-corrected chi connectivity index (χ0v) is 15.4. The van der Waals surface area contributed by atoms with Gasteiger partial charge in [-0.1, -0.05) is 12.1 Å². The van der Waals surface area contributed by atoms with Crippen LogP contribution in [0.4, 0.5) is 5.82 Å². The lowest BCUT2D eigenvalue weighted by Gasteiger charge is -2.19. The van der Waals surface area contributed by atoms with Gasteiger partial charge in [-0.25, -0.2) is 4.98 Å². The minimum atomic E-state index is 0.0601. The maximum Gasteiger partial charge on any atom is 0.153 e. The van der Waals surface area contributed by atoms with Gasteiger partial charge in [0.1, 0.15) is 5.82 Å². The minimum Gasteiger partial charge on any atom is -0.383 e. The van der Waals surface area contributed by atoms with Crippen LogP contribution in [0.15, 0.2) is 41.4 Å². The SMILES string of the molecule is CC(C)(C)NSc1ccc(-c2cc3c(N)ncc(C=O)c3s2)cc1. The summed E-state index contributed by atoms with van der Waals surface area (Å²) in [6.45, 7) is 6.40. The van der Waals surface area contributed by atoms with Crippen LogP contribution >= 0.6 is 23.3 Å². The van der Waals surface area contributed by atoms with E-state index in [1.807, 2.05) is 6.07 Å². The van der Waals surface area contributed by atoms with Gasteiger partial charge >= 0.3 is 0 Å². The first-order chi connectivity index (χ1) is 11.4. The highest BCUT2D eigenvalue weighted by atomic mass is 32.2. The molecule has 0 unspecified atom stereocenters. The zero-order valence-electron chi connectivity index (χ0n) is 13.8. The maximum absolute atomic E-state index is 11.2. The summed E-state index contributed by atoms with van der Waals surface area (Å²) in [6, 6.07) is 10.4. The lowest BCUT2D eigenvalue weighted by atomic mass is 10.1. The Morgan fingerprint density at radius 2 is 1.96 bits per heavy atom. The average Bonchev–Trinajstić information content (AvgIpc) is 2.99. The van der Waals surface area contributed by atoms with E-state index in [9.17, 15) is 4.79 Å². The Hall–Kier alpha value is -1.89. The van der Waals surface area contributed by atoms with Crippen LogP contribution in [0.3, 0.4) is 0 Å².